The van der Waals surface area contributed by atoms with Gasteiger partial charge in [-0.1, -0.05) is 17.7 Å². The van der Waals surface area contributed by atoms with Crippen LogP contribution in [-0.2, 0) is 4.79 Å². The van der Waals surface area contributed by atoms with E-state index in [-0.39, 0.29) is 11.7 Å². The molecule has 5 heteroatoms. The molecular weight excluding hydrogens is 323 g/mol. The molecule has 0 atom stereocenters. The average Bonchev–Trinajstić information content (AvgIpc) is 2.58. The number of hydrogen-bond donors (Lipinski definition) is 2. The van der Waals surface area contributed by atoms with Gasteiger partial charge in [-0.05, 0) is 55.5 Å². The average molecular weight is 346 g/mol. The lowest BCUT2D eigenvalue weighted by Gasteiger charge is -2.08. The van der Waals surface area contributed by atoms with E-state index in [4.69, 9.17) is 0 Å². The van der Waals surface area contributed by atoms with E-state index in [0.29, 0.717) is 19.5 Å². The van der Waals surface area contributed by atoms with E-state index in [1.54, 1.807) is 23.9 Å². The first-order valence-corrected chi connectivity index (χ1v) is 9.07. The summed E-state index contributed by atoms with van der Waals surface area (Å²) in [5.74, 6) is 0.736. The van der Waals surface area contributed by atoms with E-state index in [1.807, 2.05) is 31.2 Å². The first kappa shape index (κ1) is 18.3. The highest BCUT2D eigenvalue weighted by Gasteiger charge is 2.01. The third kappa shape index (κ3) is 7.04. The van der Waals surface area contributed by atoms with Gasteiger partial charge in [-0.25, -0.2) is 4.39 Å². The molecule has 0 unspecified atom stereocenters. The summed E-state index contributed by atoms with van der Waals surface area (Å²) in [4.78, 5) is 12.8. The highest BCUT2D eigenvalue weighted by atomic mass is 32.2. The van der Waals surface area contributed by atoms with Gasteiger partial charge < -0.3 is 10.6 Å². The summed E-state index contributed by atoms with van der Waals surface area (Å²) >= 11 is 1.67. The molecule has 0 heterocycles. The lowest BCUT2D eigenvalue weighted by atomic mass is 10.2. The number of carbonyl (C=O) groups excluding carboxylic acids is 1. The molecule has 0 aliphatic rings. The summed E-state index contributed by atoms with van der Waals surface area (Å²) < 4.78 is 12.8. The van der Waals surface area contributed by atoms with Gasteiger partial charge in [0.15, 0.2) is 0 Å². The van der Waals surface area contributed by atoms with Gasteiger partial charge in [0.2, 0.25) is 5.91 Å². The maximum absolute atomic E-state index is 12.8. The Hall–Kier alpha value is -2.01. The molecule has 0 saturated heterocycles. The third-order valence-electron chi connectivity index (χ3n) is 3.46. The highest BCUT2D eigenvalue weighted by molar-refractivity contribution is 7.99. The summed E-state index contributed by atoms with van der Waals surface area (Å²) in [6.07, 6.45) is 1.35. The van der Waals surface area contributed by atoms with Crippen LogP contribution >= 0.6 is 11.8 Å². The normalized spacial score (nSPS) is 10.4. The van der Waals surface area contributed by atoms with Crippen molar-refractivity contribution in [2.24, 2.45) is 0 Å². The molecule has 128 valence electrons. The van der Waals surface area contributed by atoms with Gasteiger partial charge in [0, 0.05) is 30.1 Å². The topological polar surface area (TPSA) is 41.1 Å². The minimum Gasteiger partial charge on any atom is -0.385 e. The molecule has 2 aromatic carbocycles. The van der Waals surface area contributed by atoms with E-state index in [2.05, 4.69) is 10.6 Å². The molecule has 1 amide bonds. The van der Waals surface area contributed by atoms with Crippen LogP contribution in [0.1, 0.15) is 18.4 Å². The van der Waals surface area contributed by atoms with E-state index in [9.17, 15) is 9.18 Å². The summed E-state index contributed by atoms with van der Waals surface area (Å²) in [6, 6.07) is 14.6. The molecular formula is C19H23FN2OS. The number of amides is 1. The van der Waals surface area contributed by atoms with Gasteiger partial charge in [0.05, 0.1) is 0 Å². The zero-order valence-electron chi connectivity index (χ0n) is 13.8. The molecule has 0 aromatic heterocycles. The predicted molar refractivity (Wildman–Crippen MR) is 99.0 cm³/mol. The Kier molecular flexibility index (Phi) is 7.62. The van der Waals surface area contributed by atoms with Gasteiger partial charge in [0.25, 0.3) is 0 Å². The van der Waals surface area contributed by atoms with Gasteiger partial charge >= 0.3 is 0 Å². The Morgan fingerprint density at radius 1 is 1.04 bits per heavy atom. The number of benzene rings is 2. The van der Waals surface area contributed by atoms with Crippen molar-refractivity contribution in [3.63, 3.8) is 0 Å². The fraction of sp³-hybridized carbons (Fsp3) is 0.316. The van der Waals surface area contributed by atoms with Crippen molar-refractivity contribution in [3.8, 4) is 0 Å². The van der Waals surface area contributed by atoms with E-state index >= 15 is 0 Å². The van der Waals surface area contributed by atoms with Crippen LogP contribution in [0.2, 0.25) is 0 Å². The van der Waals surface area contributed by atoms with Crippen molar-refractivity contribution in [2.75, 3.05) is 24.2 Å². The van der Waals surface area contributed by atoms with Gasteiger partial charge in [-0.15, -0.1) is 11.8 Å². The van der Waals surface area contributed by atoms with Gasteiger partial charge in [0.1, 0.15) is 5.82 Å². The van der Waals surface area contributed by atoms with Gasteiger partial charge in [-0.2, -0.15) is 0 Å². The summed E-state index contributed by atoms with van der Waals surface area (Å²) in [6.45, 7) is 3.34. The molecule has 0 radical (unpaired) electrons. The van der Waals surface area contributed by atoms with Crippen LogP contribution in [0.3, 0.4) is 0 Å². The number of rotatable bonds is 9. The fourth-order valence-electron chi connectivity index (χ4n) is 2.10. The van der Waals surface area contributed by atoms with Crippen molar-refractivity contribution >= 4 is 23.4 Å². The van der Waals surface area contributed by atoms with Crippen LogP contribution in [0.25, 0.3) is 0 Å². The van der Waals surface area contributed by atoms with Crippen molar-refractivity contribution in [3.05, 3.63) is 59.9 Å². The molecule has 3 nitrogen and oxygen atoms in total. The van der Waals surface area contributed by atoms with Crippen LogP contribution in [0.15, 0.2) is 53.4 Å². The minimum atomic E-state index is -0.217. The Balaban J connectivity index is 1.51. The molecule has 2 N–H and O–H groups in total. The second kappa shape index (κ2) is 9.98. The molecule has 0 fully saturated rings. The lowest BCUT2D eigenvalue weighted by molar-refractivity contribution is -0.120. The largest absolute Gasteiger partial charge is 0.385 e. The minimum absolute atomic E-state index is 0.0568. The van der Waals surface area contributed by atoms with E-state index < -0.39 is 0 Å². The summed E-state index contributed by atoms with van der Waals surface area (Å²) in [5, 5.41) is 6.16. The van der Waals surface area contributed by atoms with Crippen LogP contribution in [0, 0.1) is 12.7 Å². The summed E-state index contributed by atoms with van der Waals surface area (Å²) in [7, 11) is 0. The van der Waals surface area contributed by atoms with Crippen molar-refractivity contribution in [1.29, 1.82) is 0 Å². The quantitative estimate of drug-likeness (QED) is 0.527. The number of thioether (sulfide) groups is 1. The van der Waals surface area contributed by atoms with Crippen molar-refractivity contribution in [2.45, 2.75) is 24.7 Å². The predicted octanol–water partition coefficient (Wildman–Crippen LogP) is 4.23. The number of aryl methyl sites for hydroxylation is 1. The molecule has 0 bridgehead atoms. The standard InChI is InChI=1S/C19H23FN2OS/c1-15-3-7-17(8-4-15)21-13-11-19(23)22-12-2-14-24-18-9-5-16(20)6-10-18/h3-10,21H,2,11-14H2,1H3,(H,22,23). The first-order valence-electron chi connectivity index (χ1n) is 8.09. The molecule has 24 heavy (non-hydrogen) atoms. The SMILES string of the molecule is Cc1ccc(NCCC(=O)NCCCSc2ccc(F)cc2)cc1. The number of anilines is 1. The van der Waals surface area contributed by atoms with E-state index in [1.165, 1.54) is 17.7 Å². The maximum atomic E-state index is 12.8. The number of halogens is 1. The number of nitrogens with one attached hydrogen (secondary N) is 2. The zero-order valence-corrected chi connectivity index (χ0v) is 14.7. The Labute approximate surface area is 147 Å². The maximum Gasteiger partial charge on any atom is 0.221 e. The van der Waals surface area contributed by atoms with Gasteiger partial charge in [-0.3, -0.25) is 4.79 Å². The smallest absolute Gasteiger partial charge is 0.221 e. The Bertz CT molecular complexity index is 629. The lowest BCUT2D eigenvalue weighted by Crippen LogP contribution is -2.26. The fourth-order valence-corrected chi connectivity index (χ4v) is 2.95. The van der Waals surface area contributed by atoms with Crippen LogP contribution in [0.4, 0.5) is 10.1 Å². The number of carbonyl (C=O) groups is 1. The van der Waals surface area contributed by atoms with Crippen LogP contribution in [-0.4, -0.2) is 24.7 Å². The Morgan fingerprint density at radius 3 is 2.46 bits per heavy atom. The van der Waals surface area contributed by atoms with E-state index in [0.717, 1.165) is 22.8 Å². The number of hydrogen-bond acceptors (Lipinski definition) is 3. The monoisotopic (exact) mass is 346 g/mol. The van der Waals surface area contributed by atoms with Crippen LogP contribution < -0.4 is 10.6 Å². The molecule has 0 saturated carbocycles. The summed E-state index contributed by atoms with van der Waals surface area (Å²) in [5.41, 5.74) is 2.25. The second-order valence-electron chi connectivity index (χ2n) is 5.55. The molecule has 0 spiro atoms. The highest BCUT2D eigenvalue weighted by Crippen LogP contribution is 2.18. The van der Waals surface area contributed by atoms with Crippen molar-refractivity contribution < 1.29 is 9.18 Å². The molecule has 0 aliphatic heterocycles. The zero-order chi connectivity index (χ0) is 17.2. The van der Waals surface area contributed by atoms with Crippen LogP contribution in [0.5, 0.6) is 0 Å². The molecule has 2 aromatic rings. The Morgan fingerprint density at radius 2 is 1.75 bits per heavy atom. The molecule has 0 aliphatic carbocycles. The molecule has 2 rings (SSSR count). The second-order valence-corrected chi connectivity index (χ2v) is 6.72. The first-order chi connectivity index (χ1) is 11.6. The van der Waals surface area contributed by atoms with Crippen molar-refractivity contribution in [1.82, 2.24) is 5.32 Å². The third-order valence-corrected chi connectivity index (χ3v) is 4.56.